The SMILES string of the molecule is CC(C)(C)Nc1ncc(C(=O)NCc2ccccn2)cn1. The third-order valence-corrected chi connectivity index (χ3v) is 2.56. The molecule has 2 rings (SSSR count). The molecule has 1 amide bonds. The quantitative estimate of drug-likeness (QED) is 0.898. The predicted molar refractivity (Wildman–Crippen MR) is 80.8 cm³/mol. The summed E-state index contributed by atoms with van der Waals surface area (Å²) in [6.07, 6.45) is 4.71. The van der Waals surface area contributed by atoms with Crippen molar-refractivity contribution in [3.05, 3.63) is 48.0 Å². The molecule has 0 bridgehead atoms. The Morgan fingerprint density at radius 1 is 1.14 bits per heavy atom. The number of hydrogen-bond donors (Lipinski definition) is 2. The summed E-state index contributed by atoms with van der Waals surface area (Å²) in [5.41, 5.74) is 1.10. The van der Waals surface area contributed by atoms with Crippen LogP contribution >= 0.6 is 0 Å². The van der Waals surface area contributed by atoms with Crippen LogP contribution in [0.1, 0.15) is 36.8 Å². The highest BCUT2D eigenvalue weighted by Gasteiger charge is 2.12. The Bertz CT molecular complexity index is 590. The smallest absolute Gasteiger partial charge is 0.254 e. The summed E-state index contributed by atoms with van der Waals surface area (Å²) < 4.78 is 0. The Labute approximate surface area is 124 Å². The summed E-state index contributed by atoms with van der Waals surface area (Å²) in [4.78, 5) is 24.4. The highest BCUT2D eigenvalue weighted by atomic mass is 16.1. The summed E-state index contributed by atoms with van der Waals surface area (Å²) in [6, 6.07) is 5.57. The van der Waals surface area contributed by atoms with E-state index < -0.39 is 0 Å². The fourth-order valence-electron chi connectivity index (χ4n) is 1.62. The maximum Gasteiger partial charge on any atom is 0.254 e. The average molecular weight is 285 g/mol. The lowest BCUT2D eigenvalue weighted by molar-refractivity contribution is 0.0949. The normalized spacial score (nSPS) is 11.0. The van der Waals surface area contributed by atoms with E-state index >= 15 is 0 Å². The van der Waals surface area contributed by atoms with E-state index in [9.17, 15) is 4.79 Å². The molecule has 110 valence electrons. The van der Waals surface area contributed by atoms with Gasteiger partial charge in [0.25, 0.3) is 5.91 Å². The Balaban J connectivity index is 1.94. The Morgan fingerprint density at radius 3 is 2.43 bits per heavy atom. The number of rotatable bonds is 4. The fraction of sp³-hybridized carbons (Fsp3) is 0.333. The largest absolute Gasteiger partial charge is 0.350 e. The molecular weight excluding hydrogens is 266 g/mol. The van der Waals surface area contributed by atoms with Crippen LogP contribution in [-0.4, -0.2) is 26.4 Å². The molecule has 2 aromatic rings. The number of aromatic nitrogens is 3. The van der Waals surface area contributed by atoms with E-state index in [2.05, 4.69) is 25.6 Å². The standard InChI is InChI=1S/C15H19N5O/c1-15(2,3)20-14-18-8-11(9-19-14)13(21)17-10-12-6-4-5-7-16-12/h4-9H,10H2,1-3H3,(H,17,21)(H,18,19,20). The van der Waals surface area contributed by atoms with Crippen LogP contribution in [0.5, 0.6) is 0 Å². The van der Waals surface area contributed by atoms with Crippen molar-refractivity contribution in [2.45, 2.75) is 32.9 Å². The van der Waals surface area contributed by atoms with Gasteiger partial charge in [0.15, 0.2) is 0 Å². The number of nitrogens with zero attached hydrogens (tertiary/aromatic N) is 3. The summed E-state index contributed by atoms with van der Waals surface area (Å²) in [7, 11) is 0. The van der Waals surface area contributed by atoms with E-state index in [0.717, 1.165) is 5.69 Å². The first-order valence-corrected chi connectivity index (χ1v) is 6.72. The Hall–Kier alpha value is -2.50. The molecule has 0 unspecified atom stereocenters. The summed E-state index contributed by atoms with van der Waals surface area (Å²) in [6.45, 7) is 6.43. The minimum Gasteiger partial charge on any atom is -0.350 e. The fourth-order valence-corrected chi connectivity index (χ4v) is 1.62. The van der Waals surface area contributed by atoms with Crippen LogP contribution in [0.15, 0.2) is 36.8 Å². The van der Waals surface area contributed by atoms with Gasteiger partial charge in [0, 0.05) is 24.1 Å². The lowest BCUT2D eigenvalue weighted by Gasteiger charge is -2.20. The van der Waals surface area contributed by atoms with E-state index in [-0.39, 0.29) is 11.4 Å². The van der Waals surface area contributed by atoms with Crippen molar-refractivity contribution >= 4 is 11.9 Å². The highest BCUT2D eigenvalue weighted by Crippen LogP contribution is 2.09. The highest BCUT2D eigenvalue weighted by molar-refractivity contribution is 5.93. The van der Waals surface area contributed by atoms with E-state index in [1.165, 1.54) is 12.4 Å². The molecule has 2 aromatic heterocycles. The Morgan fingerprint density at radius 2 is 1.86 bits per heavy atom. The topological polar surface area (TPSA) is 79.8 Å². The maximum absolute atomic E-state index is 12.0. The van der Waals surface area contributed by atoms with Crippen molar-refractivity contribution in [1.82, 2.24) is 20.3 Å². The van der Waals surface area contributed by atoms with Crippen molar-refractivity contribution in [2.24, 2.45) is 0 Å². The number of nitrogens with one attached hydrogen (secondary N) is 2. The zero-order chi connectivity index (χ0) is 15.3. The zero-order valence-corrected chi connectivity index (χ0v) is 12.4. The predicted octanol–water partition coefficient (Wildman–Crippen LogP) is 2.01. The number of anilines is 1. The van der Waals surface area contributed by atoms with Crippen LogP contribution < -0.4 is 10.6 Å². The van der Waals surface area contributed by atoms with Gasteiger partial charge in [-0.1, -0.05) is 6.07 Å². The Kier molecular flexibility index (Phi) is 4.47. The molecule has 21 heavy (non-hydrogen) atoms. The number of pyridine rings is 1. The molecule has 0 aliphatic rings. The van der Waals surface area contributed by atoms with Crippen LogP contribution in [0.25, 0.3) is 0 Å². The molecule has 0 atom stereocenters. The molecule has 0 saturated heterocycles. The van der Waals surface area contributed by atoms with Gasteiger partial charge in [-0.05, 0) is 32.9 Å². The van der Waals surface area contributed by atoms with Gasteiger partial charge in [-0.15, -0.1) is 0 Å². The van der Waals surface area contributed by atoms with Crippen LogP contribution in [-0.2, 0) is 6.54 Å². The van der Waals surface area contributed by atoms with Gasteiger partial charge in [-0.3, -0.25) is 9.78 Å². The van der Waals surface area contributed by atoms with Crippen molar-refractivity contribution in [3.8, 4) is 0 Å². The van der Waals surface area contributed by atoms with Crippen LogP contribution in [0, 0.1) is 0 Å². The second-order valence-electron chi connectivity index (χ2n) is 5.67. The molecule has 0 radical (unpaired) electrons. The van der Waals surface area contributed by atoms with Crippen molar-refractivity contribution in [3.63, 3.8) is 0 Å². The summed E-state index contributed by atoms with van der Waals surface area (Å²) in [5, 5.41) is 5.92. The molecule has 2 heterocycles. The van der Waals surface area contributed by atoms with E-state index in [0.29, 0.717) is 18.1 Å². The van der Waals surface area contributed by atoms with Gasteiger partial charge in [0.1, 0.15) is 0 Å². The van der Waals surface area contributed by atoms with Crippen molar-refractivity contribution in [1.29, 1.82) is 0 Å². The minimum absolute atomic E-state index is 0.122. The van der Waals surface area contributed by atoms with Gasteiger partial charge < -0.3 is 10.6 Å². The second-order valence-corrected chi connectivity index (χ2v) is 5.67. The van der Waals surface area contributed by atoms with Crippen LogP contribution in [0.4, 0.5) is 5.95 Å². The summed E-state index contributed by atoms with van der Waals surface area (Å²) in [5.74, 6) is 0.284. The zero-order valence-electron chi connectivity index (χ0n) is 12.4. The van der Waals surface area contributed by atoms with Gasteiger partial charge >= 0.3 is 0 Å². The van der Waals surface area contributed by atoms with Gasteiger partial charge in [-0.25, -0.2) is 9.97 Å². The molecular formula is C15H19N5O. The molecule has 0 aliphatic heterocycles. The second kappa shape index (κ2) is 6.30. The lowest BCUT2D eigenvalue weighted by atomic mass is 10.1. The third kappa shape index (κ3) is 4.83. The van der Waals surface area contributed by atoms with Gasteiger partial charge in [0.2, 0.25) is 5.95 Å². The third-order valence-electron chi connectivity index (χ3n) is 2.56. The molecule has 0 saturated carbocycles. The first-order valence-electron chi connectivity index (χ1n) is 6.72. The maximum atomic E-state index is 12.0. The van der Waals surface area contributed by atoms with Gasteiger partial charge in [-0.2, -0.15) is 0 Å². The van der Waals surface area contributed by atoms with E-state index in [1.807, 2.05) is 39.0 Å². The number of carbonyl (C=O) groups excluding carboxylic acids is 1. The average Bonchev–Trinajstić information content (AvgIpc) is 2.45. The van der Waals surface area contributed by atoms with Crippen LogP contribution in [0.3, 0.4) is 0 Å². The van der Waals surface area contributed by atoms with E-state index in [1.54, 1.807) is 6.20 Å². The lowest BCUT2D eigenvalue weighted by Crippen LogP contribution is -2.28. The number of hydrogen-bond acceptors (Lipinski definition) is 5. The molecule has 6 heteroatoms. The van der Waals surface area contributed by atoms with Gasteiger partial charge in [0.05, 0.1) is 17.8 Å². The molecule has 6 nitrogen and oxygen atoms in total. The molecule has 0 aliphatic carbocycles. The molecule has 0 spiro atoms. The molecule has 2 N–H and O–H groups in total. The monoisotopic (exact) mass is 285 g/mol. The number of amides is 1. The van der Waals surface area contributed by atoms with Crippen LogP contribution in [0.2, 0.25) is 0 Å². The molecule has 0 fully saturated rings. The minimum atomic E-state index is -0.219. The first-order chi connectivity index (χ1) is 9.94. The van der Waals surface area contributed by atoms with E-state index in [4.69, 9.17) is 0 Å². The number of carbonyl (C=O) groups is 1. The first kappa shape index (κ1) is 14.9. The molecule has 0 aromatic carbocycles. The van der Waals surface area contributed by atoms with Crippen molar-refractivity contribution < 1.29 is 4.79 Å². The van der Waals surface area contributed by atoms with Crippen molar-refractivity contribution in [2.75, 3.05) is 5.32 Å². The summed E-state index contributed by atoms with van der Waals surface area (Å²) >= 11 is 0.